The van der Waals surface area contributed by atoms with Crippen LogP contribution in [0.5, 0.6) is 0 Å². The smallest absolute Gasteiger partial charge is 0.222 e. The van der Waals surface area contributed by atoms with E-state index in [1.807, 2.05) is 48.3 Å². The van der Waals surface area contributed by atoms with Crippen molar-refractivity contribution in [3.05, 3.63) is 54.0 Å². The highest BCUT2D eigenvalue weighted by atomic mass is 16.2. The van der Waals surface area contributed by atoms with Crippen molar-refractivity contribution >= 4 is 16.7 Å². The molecule has 7 heteroatoms. The molecular formula is C26H28N6O. The zero-order valence-electron chi connectivity index (χ0n) is 19.4. The molecule has 168 valence electrons. The molecule has 1 fully saturated rings. The molecule has 3 aromatic heterocycles. The van der Waals surface area contributed by atoms with Crippen molar-refractivity contribution in [2.24, 2.45) is 7.05 Å². The van der Waals surface area contributed by atoms with Gasteiger partial charge in [-0.2, -0.15) is 5.10 Å². The fraction of sp³-hybridized carbons (Fsp3) is 0.385. The third kappa shape index (κ3) is 3.34. The molecule has 0 radical (unpaired) electrons. The maximum Gasteiger partial charge on any atom is 0.222 e. The molecule has 0 N–H and O–H groups in total. The summed E-state index contributed by atoms with van der Waals surface area (Å²) in [5, 5.41) is 6.57. The van der Waals surface area contributed by atoms with Gasteiger partial charge >= 0.3 is 0 Å². The van der Waals surface area contributed by atoms with Crippen LogP contribution in [0.3, 0.4) is 0 Å². The number of aryl methyl sites for hydroxylation is 2. The Bertz CT molecular complexity index is 1390. The fourth-order valence-corrected chi connectivity index (χ4v) is 5.09. The number of fused-ring (bicyclic) bond motifs is 2. The molecule has 4 aromatic rings. The van der Waals surface area contributed by atoms with Crippen LogP contribution < -0.4 is 0 Å². The lowest BCUT2D eigenvalue weighted by atomic mass is 9.96. The lowest BCUT2D eigenvalue weighted by molar-refractivity contribution is -0.132. The summed E-state index contributed by atoms with van der Waals surface area (Å²) in [5.74, 6) is 1.94. The predicted molar refractivity (Wildman–Crippen MR) is 128 cm³/mol. The number of carbonyl (C=O) groups excluding carboxylic acids is 1. The minimum atomic E-state index is 0.203. The Balaban J connectivity index is 1.51. The van der Waals surface area contributed by atoms with Gasteiger partial charge in [-0.25, -0.2) is 4.98 Å². The van der Waals surface area contributed by atoms with E-state index >= 15 is 0 Å². The van der Waals surface area contributed by atoms with Crippen LogP contribution in [0.1, 0.15) is 49.2 Å². The van der Waals surface area contributed by atoms with Crippen LogP contribution in [0.2, 0.25) is 0 Å². The van der Waals surface area contributed by atoms with Crippen molar-refractivity contribution in [1.29, 1.82) is 0 Å². The molecule has 4 heterocycles. The molecule has 1 aromatic carbocycles. The summed E-state index contributed by atoms with van der Waals surface area (Å²) in [7, 11) is 1.94. The van der Waals surface area contributed by atoms with E-state index in [-0.39, 0.29) is 5.91 Å². The maximum atomic E-state index is 12.5. The van der Waals surface area contributed by atoms with Gasteiger partial charge in [0.15, 0.2) is 0 Å². The Morgan fingerprint density at radius 3 is 2.70 bits per heavy atom. The summed E-state index contributed by atoms with van der Waals surface area (Å²) >= 11 is 0. The second kappa shape index (κ2) is 7.54. The summed E-state index contributed by atoms with van der Waals surface area (Å²) in [6.07, 6.45) is 10.7. The molecule has 1 aliphatic carbocycles. The highest BCUT2D eigenvalue weighted by Gasteiger charge is 2.34. The molecule has 6 rings (SSSR count). The first kappa shape index (κ1) is 20.1. The van der Waals surface area contributed by atoms with E-state index in [0.717, 1.165) is 46.4 Å². The van der Waals surface area contributed by atoms with E-state index in [0.29, 0.717) is 18.9 Å². The number of hydrogen-bond donors (Lipinski definition) is 0. The van der Waals surface area contributed by atoms with Crippen LogP contribution in [-0.2, 0) is 24.9 Å². The first-order valence-corrected chi connectivity index (χ1v) is 11.8. The largest absolute Gasteiger partial charge is 0.335 e. The maximum absolute atomic E-state index is 12.5. The van der Waals surface area contributed by atoms with Gasteiger partial charge in [-0.3, -0.25) is 14.5 Å². The monoisotopic (exact) mass is 440 g/mol. The molecule has 1 amide bonds. The minimum Gasteiger partial charge on any atom is -0.335 e. The van der Waals surface area contributed by atoms with Crippen molar-refractivity contribution in [3.8, 4) is 22.4 Å². The number of benzene rings is 1. The summed E-state index contributed by atoms with van der Waals surface area (Å²) in [4.78, 5) is 24.2. The van der Waals surface area contributed by atoms with Gasteiger partial charge in [-0.1, -0.05) is 13.0 Å². The molecule has 0 spiro atoms. The van der Waals surface area contributed by atoms with Crippen molar-refractivity contribution in [2.75, 3.05) is 6.54 Å². The van der Waals surface area contributed by atoms with Gasteiger partial charge in [0.05, 0.1) is 24.1 Å². The van der Waals surface area contributed by atoms with Gasteiger partial charge in [0.25, 0.3) is 0 Å². The zero-order chi connectivity index (χ0) is 22.7. The Labute approximate surface area is 193 Å². The summed E-state index contributed by atoms with van der Waals surface area (Å²) in [6.45, 7) is 6.28. The predicted octanol–water partition coefficient (Wildman–Crippen LogP) is 4.44. The molecule has 33 heavy (non-hydrogen) atoms. The van der Waals surface area contributed by atoms with E-state index in [1.54, 1.807) is 0 Å². The normalized spacial score (nSPS) is 15.8. The molecule has 0 atom stereocenters. The Morgan fingerprint density at radius 1 is 1.12 bits per heavy atom. The van der Waals surface area contributed by atoms with Crippen LogP contribution in [0.4, 0.5) is 0 Å². The van der Waals surface area contributed by atoms with Gasteiger partial charge in [0, 0.05) is 67.6 Å². The van der Waals surface area contributed by atoms with Crippen molar-refractivity contribution < 1.29 is 4.79 Å². The van der Waals surface area contributed by atoms with Gasteiger partial charge in [-0.05, 0) is 42.3 Å². The second-order valence-electron chi connectivity index (χ2n) is 9.34. The van der Waals surface area contributed by atoms with Gasteiger partial charge < -0.3 is 9.47 Å². The zero-order valence-corrected chi connectivity index (χ0v) is 19.4. The average Bonchev–Trinajstić information content (AvgIpc) is 3.47. The number of carbonyl (C=O) groups is 1. The summed E-state index contributed by atoms with van der Waals surface area (Å²) in [5.41, 5.74) is 6.65. The summed E-state index contributed by atoms with van der Waals surface area (Å²) < 4.78 is 4.20. The SMILES string of the molecule is CCC(=O)N1CCn2c(C3CC3)nc(-c3cncc4cc(-c5cnn(C)c5)c(C)cc34)c2C1. The highest BCUT2D eigenvalue weighted by molar-refractivity contribution is 5.98. The average molecular weight is 441 g/mol. The second-order valence-corrected chi connectivity index (χ2v) is 9.34. The molecular weight excluding hydrogens is 412 g/mol. The first-order valence-electron chi connectivity index (χ1n) is 11.8. The third-order valence-electron chi connectivity index (χ3n) is 7.01. The quantitative estimate of drug-likeness (QED) is 0.471. The van der Waals surface area contributed by atoms with E-state index in [4.69, 9.17) is 4.98 Å². The standard InChI is InChI=1S/C26H28N6O/c1-4-24(33)31-7-8-32-23(15-31)25(29-26(32)17-5-6-17)22-13-27-11-18-10-20(16(2)9-21(18)22)19-12-28-30(3)14-19/h9-14,17H,4-8,15H2,1-3H3. The third-order valence-corrected chi connectivity index (χ3v) is 7.01. The number of rotatable bonds is 4. The van der Waals surface area contributed by atoms with Crippen LogP contribution in [-0.4, -0.2) is 41.7 Å². The van der Waals surface area contributed by atoms with E-state index in [2.05, 4.69) is 33.7 Å². The van der Waals surface area contributed by atoms with Gasteiger partial charge in [0.2, 0.25) is 5.91 Å². The molecule has 1 saturated carbocycles. The minimum absolute atomic E-state index is 0.203. The topological polar surface area (TPSA) is 68.8 Å². The van der Waals surface area contributed by atoms with Crippen LogP contribution >= 0.6 is 0 Å². The lowest BCUT2D eigenvalue weighted by Gasteiger charge is -2.29. The number of nitrogens with zero attached hydrogens (tertiary/aromatic N) is 6. The highest BCUT2D eigenvalue weighted by Crippen LogP contribution is 2.43. The molecule has 7 nitrogen and oxygen atoms in total. The van der Waals surface area contributed by atoms with E-state index < -0.39 is 0 Å². The fourth-order valence-electron chi connectivity index (χ4n) is 5.09. The number of imidazole rings is 1. The van der Waals surface area contributed by atoms with Gasteiger partial charge in [-0.15, -0.1) is 0 Å². The molecule has 2 aliphatic rings. The first-order chi connectivity index (χ1) is 16.0. The Hall–Kier alpha value is -3.48. The summed E-state index contributed by atoms with van der Waals surface area (Å²) in [6, 6.07) is 4.45. The Kier molecular flexibility index (Phi) is 4.60. The lowest BCUT2D eigenvalue weighted by Crippen LogP contribution is -2.38. The molecule has 0 bridgehead atoms. The van der Waals surface area contributed by atoms with Crippen LogP contribution in [0.15, 0.2) is 36.9 Å². The van der Waals surface area contributed by atoms with Gasteiger partial charge in [0.1, 0.15) is 5.82 Å². The van der Waals surface area contributed by atoms with E-state index in [1.165, 1.54) is 29.8 Å². The van der Waals surface area contributed by atoms with Crippen LogP contribution in [0.25, 0.3) is 33.2 Å². The number of amides is 1. The molecule has 0 saturated heterocycles. The van der Waals surface area contributed by atoms with Crippen LogP contribution in [0, 0.1) is 6.92 Å². The van der Waals surface area contributed by atoms with Crippen molar-refractivity contribution in [1.82, 2.24) is 29.2 Å². The number of hydrogen-bond acceptors (Lipinski definition) is 4. The Morgan fingerprint density at radius 2 is 1.97 bits per heavy atom. The molecule has 0 unspecified atom stereocenters. The number of aromatic nitrogens is 5. The number of pyridine rings is 1. The molecule has 1 aliphatic heterocycles. The van der Waals surface area contributed by atoms with Crippen molar-refractivity contribution in [3.63, 3.8) is 0 Å². The van der Waals surface area contributed by atoms with E-state index in [9.17, 15) is 4.79 Å². The van der Waals surface area contributed by atoms with Crippen molar-refractivity contribution in [2.45, 2.75) is 52.1 Å².